The van der Waals surface area contributed by atoms with Gasteiger partial charge >= 0.3 is 5.97 Å². The van der Waals surface area contributed by atoms with Crippen molar-refractivity contribution >= 4 is 22.8 Å². The summed E-state index contributed by atoms with van der Waals surface area (Å²) in [5.41, 5.74) is 3.35. The lowest BCUT2D eigenvalue weighted by Gasteiger charge is -2.24. The monoisotopic (exact) mass is 368 g/mol. The highest BCUT2D eigenvalue weighted by Gasteiger charge is 2.26. The fourth-order valence-corrected chi connectivity index (χ4v) is 3.82. The summed E-state index contributed by atoms with van der Waals surface area (Å²) in [6.07, 6.45) is 4.66. The number of hydrogen-bond acceptors (Lipinski definition) is 4. The quantitative estimate of drug-likeness (QED) is 0.787. The SMILES string of the molecule is CCCC(C)NC(=O)COC(=O)c1c2c(nc3ccccc13)CCC(C)C2. The van der Waals surface area contributed by atoms with Gasteiger partial charge in [-0.25, -0.2) is 4.79 Å². The van der Waals surface area contributed by atoms with E-state index < -0.39 is 5.97 Å². The Kier molecular flexibility index (Phi) is 6.09. The van der Waals surface area contributed by atoms with Crippen LogP contribution < -0.4 is 5.32 Å². The summed E-state index contributed by atoms with van der Waals surface area (Å²) in [7, 11) is 0. The lowest BCUT2D eigenvalue weighted by Crippen LogP contribution is -2.35. The topological polar surface area (TPSA) is 68.3 Å². The van der Waals surface area contributed by atoms with Crippen LogP contribution in [-0.4, -0.2) is 29.5 Å². The molecule has 1 N–H and O–H groups in total. The number of pyridine rings is 1. The zero-order valence-corrected chi connectivity index (χ0v) is 16.4. The molecule has 0 radical (unpaired) electrons. The van der Waals surface area contributed by atoms with Gasteiger partial charge in [0.25, 0.3) is 5.91 Å². The van der Waals surface area contributed by atoms with Crippen molar-refractivity contribution in [2.75, 3.05) is 6.61 Å². The van der Waals surface area contributed by atoms with E-state index in [0.29, 0.717) is 11.5 Å². The second-order valence-electron chi connectivity index (χ2n) is 7.61. The van der Waals surface area contributed by atoms with Gasteiger partial charge in [0, 0.05) is 17.1 Å². The largest absolute Gasteiger partial charge is 0.452 e. The lowest BCUT2D eigenvalue weighted by molar-refractivity contribution is -0.124. The van der Waals surface area contributed by atoms with Crippen LogP contribution >= 0.6 is 0 Å². The molecule has 5 heteroatoms. The minimum absolute atomic E-state index is 0.0802. The maximum atomic E-state index is 12.9. The molecular weight excluding hydrogens is 340 g/mol. The number of carbonyl (C=O) groups is 2. The number of fused-ring (bicyclic) bond motifs is 2. The average molecular weight is 368 g/mol. The normalized spacial score (nSPS) is 17.2. The number of aryl methyl sites for hydroxylation is 1. The van der Waals surface area contributed by atoms with E-state index in [1.807, 2.05) is 31.2 Å². The van der Waals surface area contributed by atoms with E-state index in [1.54, 1.807) is 0 Å². The van der Waals surface area contributed by atoms with Gasteiger partial charge in [-0.3, -0.25) is 9.78 Å². The van der Waals surface area contributed by atoms with E-state index >= 15 is 0 Å². The number of aromatic nitrogens is 1. The van der Waals surface area contributed by atoms with Crippen molar-refractivity contribution in [1.82, 2.24) is 10.3 Å². The van der Waals surface area contributed by atoms with Crippen molar-refractivity contribution in [1.29, 1.82) is 0 Å². The predicted molar refractivity (Wildman–Crippen MR) is 106 cm³/mol. The van der Waals surface area contributed by atoms with Gasteiger partial charge in [0.1, 0.15) is 0 Å². The van der Waals surface area contributed by atoms with Crippen molar-refractivity contribution in [2.45, 2.75) is 58.9 Å². The average Bonchev–Trinajstić information content (AvgIpc) is 2.64. The van der Waals surface area contributed by atoms with Crippen LogP contribution in [0, 0.1) is 5.92 Å². The minimum Gasteiger partial charge on any atom is -0.452 e. The van der Waals surface area contributed by atoms with Crippen molar-refractivity contribution < 1.29 is 14.3 Å². The van der Waals surface area contributed by atoms with E-state index in [-0.39, 0.29) is 18.6 Å². The van der Waals surface area contributed by atoms with Crippen LogP contribution in [0.2, 0.25) is 0 Å². The molecule has 2 aromatic rings. The molecule has 1 amide bonds. The van der Waals surface area contributed by atoms with Crippen molar-refractivity contribution in [3.05, 3.63) is 41.1 Å². The molecule has 1 aliphatic carbocycles. The molecule has 144 valence electrons. The molecule has 1 aromatic heterocycles. The number of rotatable bonds is 6. The number of nitrogens with one attached hydrogen (secondary N) is 1. The number of esters is 1. The van der Waals surface area contributed by atoms with Crippen LogP contribution in [0.25, 0.3) is 10.9 Å². The van der Waals surface area contributed by atoms with Gasteiger partial charge in [-0.1, -0.05) is 38.5 Å². The second-order valence-corrected chi connectivity index (χ2v) is 7.61. The van der Waals surface area contributed by atoms with Crippen LogP contribution in [0.1, 0.15) is 61.6 Å². The van der Waals surface area contributed by atoms with Gasteiger partial charge < -0.3 is 10.1 Å². The molecule has 1 aromatic carbocycles. The Hall–Kier alpha value is -2.43. The Labute approximate surface area is 160 Å². The first-order valence-electron chi connectivity index (χ1n) is 9.86. The fraction of sp³-hybridized carbons (Fsp3) is 0.500. The summed E-state index contributed by atoms with van der Waals surface area (Å²) in [5.74, 6) is -0.188. The summed E-state index contributed by atoms with van der Waals surface area (Å²) in [5, 5.41) is 3.67. The van der Waals surface area contributed by atoms with E-state index in [2.05, 4.69) is 19.2 Å². The standard InChI is InChI=1S/C22H28N2O3/c1-4-7-15(3)23-20(25)13-27-22(26)21-16-8-5-6-9-18(16)24-19-11-10-14(2)12-17(19)21/h5-6,8-9,14-15H,4,7,10-13H2,1-3H3,(H,23,25). The van der Waals surface area contributed by atoms with Gasteiger partial charge in [0.2, 0.25) is 0 Å². The molecule has 0 fully saturated rings. The highest BCUT2D eigenvalue weighted by Crippen LogP contribution is 2.31. The summed E-state index contributed by atoms with van der Waals surface area (Å²) >= 11 is 0. The molecular formula is C22H28N2O3. The van der Waals surface area contributed by atoms with Gasteiger partial charge in [-0.2, -0.15) is 0 Å². The number of ether oxygens (including phenoxy) is 1. The molecule has 2 atom stereocenters. The molecule has 0 spiro atoms. The number of nitrogens with zero attached hydrogens (tertiary/aromatic N) is 1. The minimum atomic E-state index is -0.433. The summed E-state index contributed by atoms with van der Waals surface area (Å²) < 4.78 is 5.40. The van der Waals surface area contributed by atoms with E-state index in [0.717, 1.165) is 54.3 Å². The van der Waals surface area contributed by atoms with Crippen molar-refractivity contribution in [2.24, 2.45) is 5.92 Å². The lowest BCUT2D eigenvalue weighted by atomic mass is 9.84. The smallest absolute Gasteiger partial charge is 0.339 e. The predicted octanol–water partition coefficient (Wildman–Crippen LogP) is 3.82. The maximum absolute atomic E-state index is 12.9. The van der Waals surface area contributed by atoms with Crippen LogP contribution in [0.4, 0.5) is 0 Å². The zero-order valence-electron chi connectivity index (χ0n) is 16.4. The molecule has 0 bridgehead atoms. The summed E-state index contributed by atoms with van der Waals surface area (Å²) in [4.78, 5) is 29.8. The molecule has 1 aliphatic rings. The number of hydrogen-bond donors (Lipinski definition) is 1. The van der Waals surface area contributed by atoms with E-state index in [1.165, 1.54) is 0 Å². The second kappa shape index (κ2) is 8.51. The third-order valence-corrected chi connectivity index (χ3v) is 5.17. The maximum Gasteiger partial charge on any atom is 0.339 e. The Morgan fingerprint density at radius 3 is 2.89 bits per heavy atom. The zero-order chi connectivity index (χ0) is 19.4. The van der Waals surface area contributed by atoms with Crippen molar-refractivity contribution in [3.8, 4) is 0 Å². The number of carbonyl (C=O) groups excluding carboxylic acids is 2. The van der Waals surface area contributed by atoms with E-state index in [4.69, 9.17) is 9.72 Å². The summed E-state index contributed by atoms with van der Waals surface area (Å²) in [6.45, 7) is 5.96. The molecule has 5 nitrogen and oxygen atoms in total. The molecule has 3 rings (SSSR count). The third-order valence-electron chi connectivity index (χ3n) is 5.17. The number of para-hydroxylation sites is 1. The highest BCUT2D eigenvalue weighted by molar-refractivity contribution is 6.05. The number of benzene rings is 1. The van der Waals surface area contributed by atoms with Gasteiger partial charge in [-0.15, -0.1) is 0 Å². The molecule has 2 unspecified atom stereocenters. The number of amides is 1. The Morgan fingerprint density at radius 2 is 2.11 bits per heavy atom. The van der Waals surface area contributed by atoms with Gasteiger partial charge in [-0.05, 0) is 50.2 Å². The third kappa shape index (κ3) is 4.46. The van der Waals surface area contributed by atoms with Crippen LogP contribution in [0.3, 0.4) is 0 Å². The molecule has 27 heavy (non-hydrogen) atoms. The Balaban J connectivity index is 1.83. The van der Waals surface area contributed by atoms with Gasteiger partial charge in [0.15, 0.2) is 6.61 Å². The van der Waals surface area contributed by atoms with Crippen LogP contribution in [-0.2, 0) is 22.4 Å². The molecule has 1 heterocycles. The van der Waals surface area contributed by atoms with Gasteiger partial charge in [0.05, 0.1) is 11.1 Å². The van der Waals surface area contributed by atoms with Crippen LogP contribution in [0.15, 0.2) is 24.3 Å². The first kappa shape index (κ1) is 19.3. The van der Waals surface area contributed by atoms with E-state index in [9.17, 15) is 9.59 Å². The van der Waals surface area contributed by atoms with Crippen molar-refractivity contribution in [3.63, 3.8) is 0 Å². The van der Waals surface area contributed by atoms with Crippen LogP contribution in [0.5, 0.6) is 0 Å². The summed E-state index contributed by atoms with van der Waals surface area (Å²) in [6, 6.07) is 7.73. The molecule has 0 saturated carbocycles. The molecule has 0 aliphatic heterocycles. The first-order valence-corrected chi connectivity index (χ1v) is 9.86. The highest BCUT2D eigenvalue weighted by atomic mass is 16.5. The Morgan fingerprint density at radius 1 is 1.33 bits per heavy atom. The molecule has 0 saturated heterocycles. The fourth-order valence-electron chi connectivity index (χ4n) is 3.82. The first-order chi connectivity index (χ1) is 13.0. The Bertz CT molecular complexity index is 847.